The van der Waals surface area contributed by atoms with Crippen LogP contribution >= 0.6 is 23.2 Å². The van der Waals surface area contributed by atoms with Crippen LogP contribution in [0.3, 0.4) is 0 Å². The zero-order chi connectivity index (χ0) is 21.4. The molecular weight excluding hydrogens is 411 g/mol. The second kappa shape index (κ2) is 11.2. The van der Waals surface area contributed by atoms with Crippen molar-refractivity contribution in [2.24, 2.45) is 5.73 Å². The number of hydrogen-bond donors (Lipinski definition) is 2. The lowest BCUT2D eigenvalue weighted by molar-refractivity contribution is -0.117. The number of carbonyl (C=O) groups is 2. The minimum absolute atomic E-state index is 0.187. The van der Waals surface area contributed by atoms with Gasteiger partial charge in [-0.3, -0.25) is 14.5 Å². The molecule has 0 bridgehead atoms. The summed E-state index contributed by atoms with van der Waals surface area (Å²) in [5, 5.41) is 3.86. The maximum atomic E-state index is 12.4. The lowest BCUT2D eigenvalue weighted by Gasteiger charge is -2.24. The first-order chi connectivity index (χ1) is 13.8. The third-order valence-corrected chi connectivity index (χ3v) is 5.25. The van der Waals surface area contributed by atoms with Crippen molar-refractivity contribution in [3.63, 3.8) is 0 Å². The third kappa shape index (κ3) is 7.33. The number of benzene rings is 2. The van der Waals surface area contributed by atoms with Crippen LogP contribution in [0.2, 0.25) is 10.0 Å². The highest BCUT2D eigenvalue weighted by molar-refractivity contribution is 6.42. The van der Waals surface area contributed by atoms with Gasteiger partial charge < -0.3 is 16.0 Å². The highest BCUT2D eigenvalue weighted by Crippen LogP contribution is 2.23. The van der Waals surface area contributed by atoms with E-state index < -0.39 is 5.91 Å². The van der Waals surface area contributed by atoms with E-state index in [4.69, 9.17) is 28.9 Å². The molecule has 29 heavy (non-hydrogen) atoms. The number of nitrogens with zero attached hydrogens (tertiary/aromatic N) is 2. The number of nitrogens with one attached hydrogen (secondary N) is 1. The zero-order valence-corrected chi connectivity index (χ0v) is 18.1. The van der Waals surface area contributed by atoms with Crippen LogP contribution in [0.4, 0.5) is 5.69 Å². The van der Waals surface area contributed by atoms with E-state index in [0.717, 1.165) is 31.7 Å². The zero-order valence-electron chi connectivity index (χ0n) is 16.6. The SMILES string of the molecule is CCN(CCN(C)Cc1ccc(Cl)c(Cl)c1)CC(=O)Nc1ccccc1C(N)=O. The molecule has 2 aromatic carbocycles. The average Bonchev–Trinajstić information content (AvgIpc) is 2.68. The van der Waals surface area contributed by atoms with Crippen molar-refractivity contribution in [3.8, 4) is 0 Å². The molecule has 2 rings (SSSR count). The Labute approximate surface area is 181 Å². The fourth-order valence-corrected chi connectivity index (χ4v) is 3.21. The highest BCUT2D eigenvalue weighted by atomic mass is 35.5. The minimum Gasteiger partial charge on any atom is -0.366 e. The van der Waals surface area contributed by atoms with Crippen molar-refractivity contribution < 1.29 is 9.59 Å². The average molecular weight is 437 g/mol. The Kier molecular flexibility index (Phi) is 8.92. The van der Waals surface area contributed by atoms with E-state index in [9.17, 15) is 9.59 Å². The monoisotopic (exact) mass is 436 g/mol. The Balaban J connectivity index is 1.85. The summed E-state index contributed by atoms with van der Waals surface area (Å²) in [5.41, 5.74) is 7.16. The highest BCUT2D eigenvalue weighted by Gasteiger charge is 2.14. The number of carbonyl (C=O) groups excluding carboxylic acids is 2. The fourth-order valence-electron chi connectivity index (χ4n) is 2.89. The standard InChI is InChI=1S/C21H26Cl2N4O2/c1-3-27(11-10-26(2)13-15-8-9-17(22)18(23)12-15)14-20(28)25-19-7-5-4-6-16(19)21(24)29/h4-9,12H,3,10-11,13-14H2,1-2H3,(H2,24,29)(H,25,28). The van der Waals surface area contributed by atoms with E-state index in [2.05, 4.69) is 10.2 Å². The molecule has 0 heterocycles. The van der Waals surface area contributed by atoms with Gasteiger partial charge in [-0.05, 0) is 43.4 Å². The van der Waals surface area contributed by atoms with Crippen LogP contribution in [0.1, 0.15) is 22.8 Å². The molecule has 2 amide bonds. The number of likely N-dealkylation sites (N-methyl/N-ethyl adjacent to an activating group) is 2. The Bertz CT molecular complexity index is 860. The second-order valence-corrected chi connectivity index (χ2v) is 7.63. The molecule has 0 aliphatic rings. The number of rotatable bonds is 10. The van der Waals surface area contributed by atoms with Gasteiger partial charge in [-0.25, -0.2) is 0 Å². The van der Waals surface area contributed by atoms with Gasteiger partial charge in [0.2, 0.25) is 5.91 Å². The molecule has 0 saturated carbocycles. The van der Waals surface area contributed by atoms with Gasteiger partial charge in [0, 0.05) is 19.6 Å². The van der Waals surface area contributed by atoms with Crippen molar-refractivity contribution >= 4 is 40.7 Å². The number of primary amides is 1. The molecule has 0 aliphatic heterocycles. The molecule has 0 saturated heterocycles. The van der Waals surface area contributed by atoms with Crippen molar-refractivity contribution in [3.05, 3.63) is 63.6 Å². The number of para-hydroxylation sites is 1. The molecule has 0 unspecified atom stereocenters. The molecule has 156 valence electrons. The van der Waals surface area contributed by atoms with Gasteiger partial charge in [-0.15, -0.1) is 0 Å². The predicted molar refractivity (Wildman–Crippen MR) is 118 cm³/mol. The molecular formula is C21H26Cl2N4O2. The van der Waals surface area contributed by atoms with E-state index in [1.54, 1.807) is 30.3 Å². The summed E-state index contributed by atoms with van der Waals surface area (Å²) in [5.74, 6) is -0.759. The topological polar surface area (TPSA) is 78.7 Å². The summed E-state index contributed by atoms with van der Waals surface area (Å²) in [6, 6.07) is 12.3. The summed E-state index contributed by atoms with van der Waals surface area (Å²) in [6.45, 7) is 5.18. The van der Waals surface area contributed by atoms with Crippen molar-refractivity contribution in [1.29, 1.82) is 0 Å². The molecule has 0 aliphatic carbocycles. The van der Waals surface area contributed by atoms with Crippen LogP contribution < -0.4 is 11.1 Å². The number of nitrogens with two attached hydrogens (primary N) is 1. The molecule has 2 aromatic rings. The van der Waals surface area contributed by atoms with Crippen LogP contribution in [0.5, 0.6) is 0 Å². The van der Waals surface area contributed by atoms with E-state index >= 15 is 0 Å². The van der Waals surface area contributed by atoms with Gasteiger partial charge in [0.15, 0.2) is 0 Å². The largest absolute Gasteiger partial charge is 0.366 e. The molecule has 3 N–H and O–H groups in total. The van der Waals surface area contributed by atoms with Gasteiger partial charge in [-0.1, -0.05) is 48.3 Å². The fraction of sp³-hybridized carbons (Fsp3) is 0.333. The van der Waals surface area contributed by atoms with Gasteiger partial charge in [-0.2, -0.15) is 0 Å². The summed E-state index contributed by atoms with van der Waals surface area (Å²) in [7, 11) is 2.01. The first kappa shape index (κ1) is 23.2. The van der Waals surface area contributed by atoms with Gasteiger partial charge in [0.25, 0.3) is 5.91 Å². The van der Waals surface area contributed by atoms with E-state index in [1.165, 1.54) is 0 Å². The minimum atomic E-state index is -0.572. The Morgan fingerprint density at radius 1 is 1.07 bits per heavy atom. The number of anilines is 1. The van der Waals surface area contributed by atoms with Crippen molar-refractivity contribution in [1.82, 2.24) is 9.80 Å². The summed E-state index contributed by atoms with van der Waals surface area (Å²) < 4.78 is 0. The molecule has 6 nitrogen and oxygen atoms in total. The van der Waals surface area contributed by atoms with Crippen LogP contribution in [0.25, 0.3) is 0 Å². The second-order valence-electron chi connectivity index (χ2n) is 6.81. The molecule has 0 fully saturated rings. The molecule has 0 aromatic heterocycles. The number of amides is 2. The summed E-state index contributed by atoms with van der Waals surface area (Å²) in [4.78, 5) is 28.1. The van der Waals surface area contributed by atoms with E-state index in [1.807, 2.05) is 31.0 Å². The van der Waals surface area contributed by atoms with E-state index in [-0.39, 0.29) is 12.5 Å². The quantitative estimate of drug-likeness (QED) is 0.597. The van der Waals surface area contributed by atoms with Crippen molar-refractivity contribution in [2.75, 3.05) is 38.5 Å². The van der Waals surface area contributed by atoms with Gasteiger partial charge in [0.05, 0.1) is 27.8 Å². The molecule has 0 radical (unpaired) electrons. The molecule has 0 atom stereocenters. The maximum Gasteiger partial charge on any atom is 0.250 e. The summed E-state index contributed by atoms with van der Waals surface area (Å²) in [6.07, 6.45) is 0. The van der Waals surface area contributed by atoms with Crippen LogP contribution in [0.15, 0.2) is 42.5 Å². The lowest BCUT2D eigenvalue weighted by Crippen LogP contribution is -2.38. The smallest absolute Gasteiger partial charge is 0.250 e. The van der Waals surface area contributed by atoms with Gasteiger partial charge >= 0.3 is 0 Å². The van der Waals surface area contributed by atoms with E-state index in [0.29, 0.717) is 21.3 Å². The lowest BCUT2D eigenvalue weighted by atomic mass is 10.1. The molecule has 0 spiro atoms. The first-order valence-corrected chi connectivity index (χ1v) is 10.1. The van der Waals surface area contributed by atoms with Crippen LogP contribution in [-0.2, 0) is 11.3 Å². The van der Waals surface area contributed by atoms with Crippen LogP contribution in [0, 0.1) is 0 Å². The number of hydrogen-bond acceptors (Lipinski definition) is 4. The Morgan fingerprint density at radius 2 is 1.79 bits per heavy atom. The predicted octanol–water partition coefficient (Wildman–Crippen LogP) is 3.48. The first-order valence-electron chi connectivity index (χ1n) is 9.33. The van der Waals surface area contributed by atoms with Crippen LogP contribution in [-0.4, -0.2) is 54.8 Å². The van der Waals surface area contributed by atoms with Crippen molar-refractivity contribution in [2.45, 2.75) is 13.5 Å². The summed E-state index contributed by atoms with van der Waals surface area (Å²) >= 11 is 12.0. The maximum absolute atomic E-state index is 12.4. The third-order valence-electron chi connectivity index (χ3n) is 4.52. The number of halogens is 2. The normalized spacial score (nSPS) is 11.1. The Hall–Kier alpha value is -2.12. The Morgan fingerprint density at radius 3 is 2.45 bits per heavy atom. The molecule has 8 heteroatoms. The van der Waals surface area contributed by atoms with Gasteiger partial charge in [0.1, 0.15) is 0 Å².